The molecule has 0 spiro atoms. The number of para-hydroxylation sites is 1. The van der Waals surface area contributed by atoms with Gasteiger partial charge in [-0.1, -0.05) is 48.5 Å². The van der Waals surface area contributed by atoms with Crippen molar-refractivity contribution in [2.24, 2.45) is 0 Å². The predicted molar refractivity (Wildman–Crippen MR) is 111 cm³/mol. The Balaban J connectivity index is 1.53. The number of carbonyl (C=O) groups excluding carboxylic acids is 1. The van der Waals surface area contributed by atoms with Crippen LogP contribution in [0, 0.1) is 6.92 Å². The topological polar surface area (TPSA) is 52.1 Å². The average molecular weight is 366 g/mol. The molecule has 0 unspecified atom stereocenters. The van der Waals surface area contributed by atoms with E-state index in [0.29, 0.717) is 23.0 Å². The number of aromatic nitrogens is 2. The van der Waals surface area contributed by atoms with Crippen molar-refractivity contribution >= 4 is 22.8 Å². The summed E-state index contributed by atoms with van der Waals surface area (Å²) in [5.41, 5.74) is 2.42. The first-order valence-corrected chi connectivity index (χ1v) is 8.98. The zero-order valence-corrected chi connectivity index (χ0v) is 15.4. The molecule has 0 bridgehead atoms. The van der Waals surface area contributed by atoms with E-state index in [0.717, 1.165) is 16.5 Å². The van der Waals surface area contributed by atoms with Crippen LogP contribution in [0.2, 0.25) is 0 Å². The number of carbonyl (C=O) groups is 1. The van der Waals surface area contributed by atoms with Crippen molar-refractivity contribution in [2.75, 3.05) is 0 Å². The molecule has 4 rings (SSSR count). The largest absolute Gasteiger partial charge is 0.438 e. The summed E-state index contributed by atoms with van der Waals surface area (Å²) in [5, 5.41) is 0.846. The molecule has 4 nitrogen and oxygen atoms in total. The highest BCUT2D eigenvalue weighted by molar-refractivity contribution is 6.06. The molecular weight excluding hydrogens is 348 g/mol. The van der Waals surface area contributed by atoms with Gasteiger partial charge in [0, 0.05) is 5.56 Å². The van der Waals surface area contributed by atoms with E-state index in [9.17, 15) is 4.79 Å². The van der Waals surface area contributed by atoms with Crippen molar-refractivity contribution in [1.29, 1.82) is 0 Å². The minimum Gasteiger partial charge on any atom is -0.438 e. The maximum atomic E-state index is 12.4. The van der Waals surface area contributed by atoms with Gasteiger partial charge in [-0.2, -0.15) is 4.98 Å². The molecule has 0 radical (unpaired) electrons. The summed E-state index contributed by atoms with van der Waals surface area (Å²) >= 11 is 0. The number of nitrogens with zero attached hydrogens (tertiary/aromatic N) is 2. The molecule has 0 fully saturated rings. The van der Waals surface area contributed by atoms with Gasteiger partial charge in [-0.3, -0.25) is 4.79 Å². The van der Waals surface area contributed by atoms with Gasteiger partial charge in [0.1, 0.15) is 11.6 Å². The highest BCUT2D eigenvalue weighted by Gasteiger charge is 2.08. The number of hydrogen-bond donors (Lipinski definition) is 0. The molecule has 0 aliphatic heterocycles. The van der Waals surface area contributed by atoms with Gasteiger partial charge in [-0.15, -0.1) is 0 Å². The molecule has 0 amide bonds. The number of rotatable bonds is 5. The molecule has 4 aromatic rings. The predicted octanol–water partition coefficient (Wildman–Crippen LogP) is 5.63. The van der Waals surface area contributed by atoms with Gasteiger partial charge in [0.05, 0.1) is 10.9 Å². The molecule has 0 atom stereocenters. The van der Waals surface area contributed by atoms with Crippen LogP contribution in [0.4, 0.5) is 0 Å². The van der Waals surface area contributed by atoms with Gasteiger partial charge < -0.3 is 4.74 Å². The molecule has 1 aromatic heterocycles. The van der Waals surface area contributed by atoms with E-state index in [2.05, 4.69) is 9.97 Å². The third-order valence-corrected chi connectivity index (χ3v) is 4.26. The Morgan fingerprint density at radius 2 is 1.57 bits per heavy atom. The Kier molecular flexibility index (Phi) is 4.93. The van der Waals surface area contributed by atoms with E-state index in [1.54, 1.807) is 30.3 Å². The molecule has 136 valence electrons. The monoisotopic (exact) mass is 366 g/mol. The maximum Gasteiger partial charge on any atom is 0.230 e. The summed E-state index contributed by atoms with van der Waals surface area (Å²) in [6.45, 7) is 1.83. The second kappa shape index (κ2) is 7.84. The van der Waals surface area contributed by atoms with Gasteiger partial charge in [0.15, 0.2) is 5.78 Å². The highest BCUT2D eigenvalue weighted by atomic mass is 16.5. The minimum atomic E-state index is -0.0567. The summed E-state index contributed by atoms with van der Waals surface area (Å²) in [7, 11) is 0. The van der Waals surface area contributed by atoms with Gasteiger partial charge >= 0.3 is 0 Å². The first-order chi connectivity index (χ1) is 13.7. The van der Waals surface area contributed by atoms with Crippen LogP contribution in [0.5, 0.6) is 11.6 Å². The Bertz CT molecular complexity index is 1150. The number of allylic oxidation sites excluding steroid dienone is 1. The fourth-order valence-corrected chi connectivity index (χ4v) is 2.87. The molecule has 0 saturated heterocycles. The fourth-order valence-electron chi connectivity index (χ4n) is 2.87. The van der Waals surface area contributed by atoms with Crippen molar-refractivity contribution in [3.8, 4) is 11.6 Å². The lowest BCUT2D eigenvalue weighted by Gasteiger charge is -2.09. The Morgan fingerprint density at radius 1 is 0.857 bits per heavy atom. The van der Waals surface area contributed by atoms with Crippen molar-refractivity contribution in [3.63, 3.8) is 0 Å². The number of benzene rings is 3. The van der Waals surface area contributed by atoms with Crippen molar-refractivity contribution in [2.45, 2.75) is 6.92 Å². The zero-order valence-electron chi connectivity index (χ0n) is 15.4. The summed E-state index contributed by atoms with van der Waals surface area (Å²) in [6, 6.07) is 24.5. The Morgan fingerprint density at radius 3 is 2.36 bits per heavy atom. The van der Waals surface area contributed by atoms with Crippen LogP contribution in [0.1, 0.15) is 21.7 Å². The molecule has 0 aliphatic rings. The van der Waals surface area contributed by atoms with Crippen LogP contribution in [0.3, 0.4) is 0 Å². The van der Waals surface area contributed by atoms with Crippen LogP contribution in [0.15, 0.2) is 84.9 Å². The molecule has 0 N–H and O–H groups in total. The Hall–Kier alpha value is -3.79. The molecule has 3 aromatic carbocycles. The van der Waals surface area contributed by atoms with E-state index in [-0.39, 0.29) is 5.78 Å². The van der Waals surface area contributed by atoms with Gasteiger partial charge in [-0.25, -0.2) is 4.98 Å². The molecule has 28 heavy (non-hydrogen) atoms. The van der Waals surface area contributed by atoms with Crippen LogP contribution in [0.25, 0.3) is 17.0 Å². The summed E-state index contributed by atoms with van der Waals surface area (Å²) in [5.74, 6) is 1.71. The molecule has 0 saturated carbocycles. The first kappa shape index (κ1) is 17.6. The molecule has 1 heterocycles. The van der Waals surface area contributed by atoms with Crippen LogP contribution >= 0.6 is 0 Å². The number of ketones is 1. The number of aryl methyl sites for hydroxylation is 1. The summed E-state index contributed by atoms with van der Waals surface area (Å²) in [4.78, 5) is 21.2. The number of fused-ring (bicyclic) bond motifs is 1. The number of ether oxygens (including phenoxy) is 1. The van der Waals surface area contributed by atoms with E-state index in [1.807, 2.05) is 67.6 Å². The molecule has 0 aliphatic carbocycles. The lowest BCUT2D eigenvalue weighted by molar-refractivity contribution is 0.104. The second-order valence-corrected chi connectivity index (χ2v) is 6.33. The van der Waals surface area contributed by atoms with Crippen molar-refractivity contribution in [1.82, 2.24) is 9.97 Å². The summed E-state index contributed by atoms with van der Waals surface area (Å²) < 4.78 is 5.96. The normalized spacial score (nSPS) is 11.0. The third kappa shape index (κ3) is 3.96. The minimum absolute atomic E-state index is 0.0567. The zero-order chi connectivity index (χ0) is 19.3. The maximum absolute atomic E-state index is 12.4. The van der Waals surface area contributed by atoms with Crippen LogP contribution in [-0.4, -0.2) is 15.8 Å². The van der Waals surface area contributed by atoms with Crippen LogP contribution in [-0.2, 0) is 0 Å². The quantitative estimate of drug-likeness (QED) is 0.339. The first-order valence-electron chi connectivity index (χ1n) is 8.98. The van der Waals surface area contributed by atoms with E-state index >= 15 is 0 Å². The van der Waals surface area contributed by atoms with E-state index < -0.39 is 0 Å². The molecular formula is C24H18N2O2. The summed E-state index contributed by atoms with van der Waals surface area (Å²) in [6.07, 6.45) is 3.38. The van der Waals surface area contributed by atoms with E-state index in [1.165, 1.54) is 0 Å². The van der Waals surface area contributed by atoms with Crippen molar-refractivity contribution < 1.29 is 9.53 Å². The fraction of sp³-hybridized carbons (Fsp3) is 0.0417. The second-order valence-electron chi connectivity index (χ2n) is 6.33. The highest BCUT2D eigenvalue weighted by Crippen LogP contribution is 2.27. The lowest BCUT2D eigenvalue weighted by atomic mass is 10.1. The van der Waals surface area contributed by atoms with Gasteiger partial charge in [0.25, 0.3) is 0 Å². The van der Waals surface area contributed by atoms with Crippen LogP contribution < -0.4 is 4.74 Å². The van der Waals surface area contributed by atoms with E-state index in [4.69, 9.17) is 4.74 Å². The Labute approximate surface area is 163 Å². The van der Waals surface area contributed by atoms with Gasteiger partial charge in [-0.05, 0) is 55.0 Å². The standard InChI is InChI=1S/C24H18N2O2/c1-17-25-22-10-6-5-9-21(22)24(26-17)28-20-14-12-19(13-15-20)23(27)16-11-18-7-3-2-4-8-18/h2-16H,1H3/b16-11+. The van der Waals surface area contributed by atoms with Crippen molar-refractivity contribution in [3.05, 3.63) is 102 Å². The lowest BCUT2D eigenvalue weighted by Crippen LogP contribution is -1.97. The molecule has 4 heteroatoms. The van der Waals surface area contributed by atoms with Gasteiger partial charge in [0.2, 0.25) is 5.88 Å². The average Bonchev–Trinajstić information content (AvgIpc) is 2.73. The third-order valence-electron chi connectivity index (χ3n) is 4.26. The smallest absolute Gasteiger partial charge is 0.230 e. The number of hydrogen-bond acceptors (Lipinski definition) is 4. The SMILES string of the molecule is Cc1nc(Oc2ccc(C(=O)/C=C/c3ccccc3)cc2)c2ccccc2n1.